The van der Waals surface area contributed by atoms with E-state index in [4.69, 9.17) is 0 Å². The van der Waals surface area contributed by atoms with Crippen LogP contribution >= 0.6 is 0 Å². The van der Waals surface area contributed by atoms with E-state index in [1.165, 1.54) is 22.6 Å². The highest BCUT2D eigenvalue weighted by Crippen LogP contribution is 2.36. The van der Waals surface area contributed by atoms with E-state index in [0.29, 0.717) is 18.2 Å². The topological polar surface area (TPSA) is 90.7 Å². The molecule has 4 rings (SSSR count). The maximum Gasteiger partial charge on any atom is 0.243 e. The van der Waals surface area contributed by atoms with Crippen molar-refractivity contribution in [2.24, 2.45) is 0 Å². The summed E-state index contributed by atoms with van der Waals surface area (Å²) in [4.78, 5) is 4.21. The third-order valence-electron chi connectivity index (χ3n) is 5.19. The fourth-order valence-electron chi connectivity index (χ4n) is 3.63. The minimum absolute atomic E-state index is 0.0540. The summed E-state index contributed by atoms with van der Waals surface area (Å²) in [7, 11) is -3.77. The number of benzene rings is 2. The van der Waals surface area contributed by atoms with Crippen LogP contribution in [0.25, 0.3) is 10.9 Å². The number of pyridine rings is 1. The summed E-state index contributed by atoms with van der Waals surface area (Å²) >= 11 is 0. The average molecular weight is 384 g/mol. The fraction of sp³-hybridized carbons (Fsp3) is 0.250. The predicted molar refractivity (Wildman–Crippen MR) is 102 cm³/mol. The number of sulfonamides is 1. The van der Waals surface area contributed by atoms with Gasteiger partial charge in [0.1, 0.15) is 11.3 Å². The van der Waals surface area contributed by atoms with Crippen molar-refractivity contribution in [2.75, 3.05) is 13.1 Å². The molecular formula is C20H20N2O4S. The molecule has 1 saturated heterocycles. The van der Waals surface area contributed by atoms with E-state index in [1.807, 2.05) is 30.3 Å². The van der Waals surface area contributed by atoms with Crippen LogP contribution in [-0.2, 0) is 15.6 Å². The second-order valence-electron chi connectivity index (χ2n) is 6.78. The molecule has 0 amide bonds. The van der Waals surface area contributed by atoms with E-state index >= 15 is 0 Å². The molecule has 27 heavy (non-hydrogen) atoms. The van der Waals surface area contributed by atoms with Gasteiger partial charge < -0.3 is 10.2 Å². The van der Waals surface area contributed by atoms with Crippen LogP contribution in [0.1, 0.15) is 18.4 Å². The third-order valence-corrected chi connectivity index (χ3v) is 7.14. The number of rotatable bonds is 3. The molecule has 6 nitrogen and oxygen atoms in total. The molecule has 0 atom stereocenters. The lowest BCUT2D eigenvalue weighted by Crippen LogP contribution is -2.45. The minimum atomic E-state index is -3.77. The zero-order valence-corrected chi connectivity index (χ0v) is 15.4. The van der Waals surface area contributed by atoms with Gasteiger partial charge in [0.15, 0.2) is 0 Å². The van der Waals surface area contributed by atoms with Crippen LogP contribution in [0.5, 0.6) is 5.75 Å². The third kappa shape index (κ3) is 3.07. The first-order valence-corrected chi connectivity index (χ1v) is 10.2. The maximum atomic E-state index is 13.2. The number of aromatic nitrogens is 1. The first kappa shape index (κ1) is 17.9. The summed E-state index contributed by atoms with van der Waals surface area (Å²) in [6.07, 6.45) is 2.16. The Morgan fingerprint density at radius 2 is 1.67 bits per heavy atom. The first-order valence-electron chi connectivity index (χ1n) is 8.77. The van der Waals surface area contributed by atoms with Crippen molar-refractivity contribution in [3.63, 3.8) is 0 Å². The van der Waals surface area contributed by atoms with Gasteiger partial charge in [-0.05, 0) is 42.7 Å². The summed E-state index contributed by atoms with van der Waals surface area (Å²) in [5, 5.41) is 21.3. The molecule has 3 aromatic rings. The molecule has 1 aliphatic heterocycles. The molecule has 1 fully saturated rings. The normalized spacial score (nSPS) is 17.8. The molecule has 0 spiro atoms. The second kappa shape index (κ2) is 6.60. The largest absolute Gasteiger partial charge is 0.506 e. The summed E-state index contributed by atoms with van der Waals surface area (Å²) in [5.74, 6) is -0.0540. The number of hydrogen-bond acceptors (Lipinski definition) is 5. The lowest BCUT2D eigenvalue weighted by Gasteiger charge is -2.38. The molecule has 2 aromatic carbocycles. The quantitative estimate of drug-likeness (QED) is 0.724. The minimum Gasteiger partial charge on any atom is -0.506 e. The Morgan fingerprint density at radius 3 is 2.37 bits per heavy atom. The van der Waals surface area contributed by atoms with Gasteiger partial charge >= 0.3 is 0 Å². The Balaban J connectivity index is 1.65. The van der Waals surface area contributed by atoms with Gasteiger partial charge in [-0.25, -0.2) is 8.42 Å². The SMILES string of the molecule is O=S(=O)(c1ccc(O)c2ncccc12)N1CCC(O)(c2ccccc2)CC1. The number of piperidine rings is 1. The van der Waals surface area contributed by atoms with E-state index in [2.05, 4.69) is 4.98 Å². The van der Waals surface area contributed by atoms with Crippen molar-refractivity contribution in [3.8, 4) is 5.75 Å². The van der Waals surface area contributed by atoms with Gasteiger partial charge in [0.05, 0.1) is 10.5 Å². The summed E-state index contributed by atoms with van der Waals surface area (Å²) < 4.78 is 27.8. The molecule has 0 unspecified atom stereocenters. The molecule has 1 aromatic heterocycles. The van der Waals surface area contributed by atoms with E-state index < -0.39 is 15.6 Å². The van der Waals surface area contributed by atoms with Crippen molar-refractivity contribution in [1.82, 2.24) is 9.29 Å². The highest BCUT2D eigenvalue weighted by atomic mass is 32.2. The van der Waals surface area contributed by atoms with Crippen molar-refractivity contribution in [3.05, 3.63) is 66.4 Å². The first-order chi connectivity index (χ1) is 12.9. The van der Waals surface area contributed by atoms with Crippen LogP contribution in [0.3, 0.4) is 0 Å². The van der Waals surface area contributed by atoms with Gasteiger partial charge in [-0.1, -0.05) is 30.3 Å². The van der Waals surface area contributed by atoms with E-state index in [-0.39, 0.29) is 29.3 Å². The van der Waals surface area contributed by atoms with Gasteiger partial charge in [0.25, 0.3) is 0 Å². The number of aromatic hydroxyl groups is 1. The zero-order chi connectivity index (χ0) is 19.1. The van der Waals surface area contributed by atoms with E-state index in [9.17, 15) is 18.6 Å². The summed E-state index contributed by atoms with van der Waals surface area (Å²) in [5.41, 5.74) is 0.0454. The lowest BCUT2D eigenvalue weighted by molar-refractivity contribution is -0.00960. The Morgan fingerprint density at radius 1 is 0.963 bits per heavy atom. The van der Waals surface area contributed by atoms with Crippen LogP contribution in [0.15, 0.2) is 65.7 Å². The molecule has 0 aliphatic carbocycles. The molecule has 2 N–H and O–H groups in total. The van der Waals surface area contributed by atoms with Crippen molar-refractivity contribution in [1.29, 1.82) is 0 Å². The molecule has 1 aliphatic rings. The Kier molecular flexibility index (Phi) is 4.38. The molecule has 2 heterocycles. The van der Waals surface area contributed by atoms with Gasteiger partial charge in [-0.15, -0.1) is 0 Å². The number of aliphatic hydroxyl groups is 1. The Bertz CT molecular complexity index is 1080. The maximum absolute atomic E-state index is 13.2. The molecule has 0 radical (unpaired) electrons. The van der Waals surface area contributed by atoms with Crippen molar-refractivity contribution < 1.29 is 18.6 Å². The van der Waals surface area contributed by atoms with Gasteiger partial charge in [0, 0.05) is 24.7 Å². The van der Waals surface area contributed by atoms with Crippen LogP contribution in [0, 0.1) is 0 Å². The average Bonchev–Trinajstić information content (AvgIpc) is 2.69. The monoisotopic (exact) mass is 384 g/mol. The van der Waals surface area contributed by atoms with Crippen LogP contribution in [-0.4, -0.2) is 41.0 Å². The second-order valence-corrected chi connectivity index (χ2v) is 8.69. The molecule has 140 valence electrons. The highest BCUT2D eigenvalue weighted by Gasteiger charge is 2.38. The van der Waals surface area contributed by atoms with Crippen LogP contribution < -0.4 is 0 Å². The predicted octanol–water partition coefficient (Wildman–Crippen LogP) is 2.61. The highest BCUT2D eigenvalue weighted by molar-refractivity contribution is 7.89. The van der Waals surface area contributed by atoms with E-state index in [0.717, 1.165) is 5.56 Å². The molecule has 0 saturated carbocycles. The fourth-order valence-corrected chi connectivity index (χ4v) is 5.25. The molecule has 7 heteroatoms. The van der Waals surface area contributed by atoms with Crippen molar-refractivity contribution >= 4 is 20.9 Å². The van der Waals surface area contributed by atoms with Gasteiger partial charge in [0.2, 0.25) is 10.0 Å². The number of phenols is 1. The lowest BCUT2D eigenvalue weighted by atomic mass is 9.85. The van der Waals surface area contributed by atoms with Crippen LogP contribution in [0.4, 0.5) is 0 Å². The van der Waals surface area contributed by atoms with Gasteiger partial charge in [-0.3, -0.25) is 4.98 Å². The smallest absolute Gasteiger partial charge is 0.243 e. The number of fused-ring (bicyclic) bond motifs is 1. The van der Waals surface area contributed by atoms with Crippen molar-refractivity contribution in [2.45, 2.75) is 23.3 Å². The zero-order valence-electron chi connectivity index (χ0n) is 14.6. The molecule has 0 bridgehead atoms. The van der Waals surface area contributed by atoms with Crippen LogP contribution in [0.2, 0.25) is 0 Å². The number of phenolic OH excluding ortho intramolecular Hbond substituents is 1. The Labute approximate surface area is 157 Å². The Hall–Kier alpha value is -2.48. The van der Waals surface area contributed by atoms with E-state index in [1.54, 1.807) is 12.1 Å². The molecular weight excluding hydrogens is 364 g/mol. The van der Waals surface area contributed by atoms with Gasteiger partial charge in [-0.2, -0.15) is 4.31 Å². The number of hydrogen-bond donors (Lipinski definition) is 2. The summed E-state index contributed by atoms with van der Waals surface area (Å²) in [6.45, 7) is 0.437. The standard InChI is InChI=1S/C20H20N2O4S/c23-17-8-9-18(16-7-4-12-21-19(16)17)27(25,26)22-13-10-20(24,11-14-22)15-5-2-1-3-6-15/h1-9,12,23-24H,10-11,13-14H2. The number of nitrogens with zero attached hydrogens (tertiary/aromatic N) is 2. The summed E-state index contributed by atoms with van der Waals surface area (Å²) in [6, 6.07) is 15.4.